The first-order valence-electron chi connectivity index (χ1n) is 3.38. The fraction of sp³-hybridized carbons (Fsp3) is 0.167. The van der Waals surface area contributed by atoms with E-state index in [4.69, 9.17) is 0 Å². The van der Waals surface area contributed by atoms with Crippen LogP contribution in [0.15, 0.2) is 25.8 Å². The van der Waals surface area contributed by atoms with E-state index in [0.717, 1.165) is 14.1 Å². The SMILES string of the molecule is Cn1cnnc1Sc1nc(Br)cs1. The Kier molecular flexibility index (Phi) is 2.66. The maximum Gasteiger partial charge on any atom is 0.197 e. The van der Waals surface area contributed by atoms with Crippen molar-refractivity contribution in [2.24, 2.45) is 7.05 Å². The van der Waals surface area contributed by atoms with E-state index >= 15 is 0 Å². The van der Waals surface area contributed by atoms with Crippen LogP contribution in [0.1, 0.15) is 0 Å². The molecule has 2 aromatic rings. The van der Waals surface area contributed by atoms with Gasteiger partial charge in [-0.3, -0.25) is 0 Å². The Hall–Kier alpha value is -0.400. The Morgan fingerprint density at radius 2 is 2.46 bits per heavy atom. The quantitative estimate of drug-likeness (QED) is 0.844. The van der Waals surface area contributed by atoms with Crippen LogP contribution in [0.3, 0.4) is 0 Å². The first-order valence-corrected chi connectivity index (χ1v) is 5.87. The highest BCUT2D eigenvalue weighted by Crippen LogP contribution is 2.29. The zero-order valence-corrected chi connectivity index (χ0v) is 9.86. The van der Waals surface area contributed by atoms with Crippen molar-refractivity contribution in [3.63, 3.8) is 0 Å². The molecule has 0 spiro atoms. The lowest BCUT2D eigenvalue weighted by Crippen LogP contribution is -1.87. The number of halogens is 1. The van der Waals surface area contributed by atoms with Gasteiger partial charge in [0.25, 0.3) is 0 Å². The lowest BCUT2D eigenvalue weighted by atomic mass is 11.0. The maximum atomic E-state index is 4.24. The summed E-state index contributed by atoms with van der Waals surface area (Å²) in [6.07, 6.45) is 1.67. The standard InChI is InChI=1S/C6H5BrN4S2/c1-11-3-8-10-5(11)13-6-9-4(7)2-12-6/h2-3H,1H3. The molecule has 0 aliphatic rings. The van der Waals surface area contributed by atoms with E-state index in [9.17, 15) is 0 Å². The van der Waals surface area contributed by atoms with Gasteiger partial charge in [-0.2, -0.15) is 0 Å². The summed E-state index contributed by atoms with van der Waals surface area (Å²) < 4.78 is 3.69. The van der Waals surface area contributed by atoms with Gasteiger partial charge in [0, 0.05) is 12.4 Å². The number of nitrogens with zero attached hydrogens (tertiary/aromatic N) is 4. The van der Waals surface area contributed by atoms with Gasteiger partial charge in [0.05, 0.1) is 0 Å². The lowest BCUT2D eigenvalue weighted by molar-refractivity contribution is 0.788. The molecule has 2 heterocycles. The van der Waals surface area contributed by atoms with Crippen molar-refractivity contribution in [2.75, 3.05) is 0 Å². The molecule has 13 heavy (non-hydrogen) atoms. The molecule has 4 nitrogen and oxygen atoms in total. The van der Waals surface area contributed by atoms with Crippen molar-refractivity contribution >= 4 is 39.0 Å². The van der Waals surface area contributed by atoms with Gasteiger partial charge in [0.1, 0.15) is 10.9 Å². The predicted molar refractivity (Wildman–Crippen MR) is 54.9 cm³/mol. The van der Waals surface area contributed by atoms with Gasteiger partial charge in [-0.25, -0.2) is 4.98 Å². The third-order valence-corrected chi connectivity index (χ3v) is 4.00. The Morgan fingerprint density at radius 3 is 3.00 bits per heavy atom. The Bertz CT molecular complexity index is 410. The smallest absolute Gasteiger partial charge is 0.197 e. The monoisotopic (exact) mass is 276 g/mol. The maximum absolute atomic E-state index is 4.24. The summed E-state index contributed by atoms with van der Waals surface area (Å²) >= 11 is 6.39. The molecule has 7 heteroatoms. The lowest BCUT2D eigenvalue weighted by Gasteiger charge is -1.94. The summed E-state index contributed by atoms with van der Waals surface area (Å²) in [6.45, 7) is 0. The molecule has 2 aromatic heterocycles. The van der Waals surface area contributed by atoms with Crippen molar-refractivity contribution in [3.8, 4) is 0 Å². The van der Waals surface area contributed by atoms with Crippen molar-refractivity contribution in [3.05, 3.63) is 16.3 Å². The minimum Gasteiger partial charge on any atom is -0.311 e. The molecule has 0 aliphatic carbocycles. The molecule has 0 amide bonds. The molecule has 0 saturated carbocycles. The molecular formula is C6H5BrN4S2. The minimum absolute atomic E-state index is 0.849. The van der Waals surface area contributed by atoms with Gasteiger partial charge in [-0.1, -0.05) is 0 Å². The summed E-state index contributed by atoms with van der Waals surface area (Å²) in [5.41, 5.74) is 0. The van der Waals surface area contributed by atoms with Crippen LogP contribution < -0.4 is 0 Å². The number of rotatable bonds is 2. The molecular weight excluding hydrogens is 272 g/mol. The van der Waals surface area contributed by atoms with Crippen LogP contribution in [0, 0.1) is 0 Å². The summed E-state index contributed by atoms with van der Waals surface area (Å²) in [6, 6.07) is 0. The molecule has 0 bridgehead atoms. The first kappa shape index (κ1) is 9.17. The Labute approximate surface area is 91.5 Å². The molecule has 0 aromatic carbocycles. The number of hydrogen-bond acceptors (Lipinski definition) is 5. The van der Waals surface area contributed by atoms with Crippen molar-refractivity contribution in [2.45, 2.75) is 9.50 Å². The van der Waals surface area contributed by atoms with E-state index in [1.807, 2.05) is 17.0 Å². The summed E-state index contributed by atoms with van der Waals surface area (Å²) in [4.78, 5) is 4.24. The van der Waals surface area contributed by atoms with Crippen molar-refractivity contribution < 1.29 is 0 Å². The third-order valence-electron chi connectivity index (χ3n) is 1.30. The minimum atomic E-state index is 0.849. The zero-order chi connectivity index (χ0) is 9.26. The summed E-state index contributed by atoms with van der Waals surface area (Å²) in [5, 5.41) is 10.5. The van der Waals surface area contributed by atoms with E-state index in [1.54, 1.807) is 17.7 Å². The first-order chi connectivity index (χ1) is 6.25. The largest absolute Gasteiger partial charge is 0.311 e. The fourth-order valence-corrected chi connectivity index (χ4v) is 2.96. The molecule has 2 rings (SSSR count). The van der Waals surface area contributed by atoms with Crippen LogP contribution in [0.5, 0.6) is 0 Å². The molecule has 0 N–H and O–H groups in total. The Morgan fingerprint density at radius 1 is 1.62 bits per heavy atom. The predicted octanol–water partition coefficient (Wildman–Crippen LogP) is 2.19. The van der Waals surface area contributed by atoms with Gasteiger partial charge in [0.15, 0.2) is 9.50 Å². The summed E-state index contributed by atoms with van der Waals surface area (Å²) in [7, 11) is 1.91. The zero-order valence-electron chi connectivity index (χ0n) is 6.64. The highest BCUT2D eigenvalue weighted by Gasteiger charge is 2.06. The number of aromatic nitrogens is 4. The van der Waals surface area contributed by atoms with E-state index in [1.165, 1.54) is 11.8 Å². The van der Waals surface area contributed by atoms with Crippen LogP contribution in [0.2, 0.25) is 0 Å². The van der Waals surface area contributed by atoms with Gasteiger partial charge >= 0.3 is 0 Å². The van der Waals surface area contributed by atoms with E-state index < -0.39 is 0 Å². The number of hydrogen-bond donors (Lipinski definition) is 0. The van der Waals surface area contributed by atoms with Gasteiger partial charge in [0.2, 0.25) is 0 Å². The normalized spacial score (nSPS) is 10.6. The van der Waals surface area contributed by atoms with E-state index in [2.05, 4.69) is 31.1 Å². The number of thiazole rings is 1. The second-order valence-corrected chi connectivity index (χ2v) is 5.15. The molecule has 0 saturated heterocycles. The molecule has 0 fully saturated rings. The molecule has 0 aliphatic heterocycles. The topological polar surface area (TPSA) is 43.6 Å². The van der Waals surface area contributed by atoms with Crippen LogP contribution in [0.25, 0.3) is 0 Å². The molecule has 0 radical (unpaired) electrons. The highest BCUT2D eigenvalue weighted by molar-refractivity contribution is 9.10. The second-order valence-electron chi connectivity index (χ2n) is 2.26. The molecule has 0 atom stereocenters. The van der Waals surface area contributed by atoms with Gasteiger partial charge < -0.3 is 4.57 Å². The average molecular weight is 277 g/mol. The number of aryl methyl sites for hydroxylation is 1. The third kappa shape index (κ3) is 2.09. The van der Waals surface area contributed by atoms with Crippen LogP contribution in [-0.4, -0.2) is 19.7 Å². The second kappa shape index (κ2) is 3.77. The van der Waals surface area contributed by atoms with Crippen molar-refractivity contribution in [1.82, 2.24) is 19.7 Å². The highest BCUT2D eigenvalue weighted by atomic mass is 79.9. The van der Waals surface area contributed by atoms with Gasteiger partial charge in [-0.15, -0.1) is 21.5 Å². The van der Waals surface area contributed by atoms with E-state index in [-0.39, 0.29) is 0 Å². The van der Waals surface area contributed by atoms with Crippen molar-refractivity contribution in [1.29, 1.82) is 0 Å². The summed E-state index contributed by atoms with van der Waals surface area (Å²) in [5.74, 6) is 0. The van der Waals surface area contributed by atoms with E-state index in [0.29, 0.717) is 0 Å². The van der Waals surface area contributed by atoms with Crippen LogP contribution in [-0.2, 0) is 7.05 Å². The van der Waals surface area contributed by atoms with Crippen LogP contribution in [0.4, 0.5) is 0 Å². The molecule has 68 valence electrons. The van der Waals surface area contributed by atoms with Crippen LogP contribution >= 0.6 is 39.0 Å². The Balaban J connectivity index is 2.19. The fourth-order valence-electron chi connectivity index (χ4n) is 0.729. The molecule has 0 unspecified atom stereocenters. The van der Waals surface area contributed by atoms with Gasteiger partial charge in [-0.05, 0) is 27.7 Å². The average Bonchev–Trinajstić information content (AvgIpc) is 2.64.